The average molecular weight is 281 g/mol. The van der Waals surface area contributed by atoms with E-state index in [-0.39, 0.29) is 5.54 Å². The van der Waals surface area contributed by atoms with Gasteiger partial charge in [-0.2, -0.15) is 0 Å². The van der Waals surface area contributed by atoms with Gasteiger partial charge in [-0.05, 0) is 44.9 Å². The molecule has 3 heteroatoms. The van der Waals surface area contributed by atoms with Crippen LogP contribution in [0, 0.1) is 5.41 Å². The maximum Gasteiger partial charge on any atom is 0.0333 e. The Kier molecular flexibility index (Phi) is 5.14. The van der Waals surface area contributed by atoms with Crippen molar-refractivity contribution in [3.8, 4) is 0 Å². The summed E-state index contributed by atoms with van der Waals surface area (Å²) in [6.07, 6.45) is 6.62. The van der Waals surface area contributed by atoms with Gasteiger partial charge in [-0.25, -0.2) is 0 Å². The smallest absolute Gasteiger partial charge is 0.0333 e. The summed E-state index contributed by atoms with van der Waals surface area (Å²) in [7, 11) is 0. The van der Waals surface area contributed by atoms with Crippen molar-refractivity contribution in [1.82, 2.24) is 9.80 Å². The molecular formula is C17H35N3. The molecule has 1 atom stereocenters. The Morgan fingerprint density at radius 2 is 1.60 bits per heavy atom. The fraction of sp³-hybridized carbons (Fsp3) is 1.00. The lowest BCUT2D eigenvalue weighted by atomic mass is 9.82. The van der Waals surface area contributed by atoms with Crippen molar-refractivity contribution in [2.24, 2.45) is 11.1 Å². The molecule has 0 spiro atoms. The molecule has 2 fully saturated rings. The van der Waals surface area contributed by atoms with E-state index < -0.39 is 0 Å². The van der Waals surface area contributed by atoms with Gasteiger partial charge in [0.15, 0.2) is 0 Å². The molecule has 1 saturated heterocycles. The van der Waals surface area contributed by atoms with Gasteiger partial charge in [-0.1, -0.05) is 20.3 Å². The third-order valence-corrected chi connectivity index (χ3v) is 5.86. The summed E-state index contributed by atoms with van der Waals surface area (Å²) in [6, 6.07) is 0.680. The first-order valence-electron chi connectivity index (χ1n) is 8.58. The van der Waals surface area contributed by atoms with E-state index in [0.717, 1.165) is 6.54 Å². The first-order chi connectivity index (χ1) is 9.38. The minimum atomic E-state index is 0.289. The summed E-state index contributed by atoms with van der Waals surface area (Å²) in [4.78, 5) is 5.33. The van der Waals surface area contributed by atoms with Gasteiger partial charge in [-0.15, -0.1) is 0 Å². The number of hydrogen-bond donors (Lipinski definition) is 1. The van der Waals surface area contributed by atoms with Crippen molar-refractivity contribution in [3.05, 3.63) is 0 Å². The molecule has 0 radical (unpaired) electrons. The summed E-state index contributed by atoms with van der Waals surface area (Å²) in [5.41, 5.74) is 7.07. The zero-order valence-corrected chi connectivity index (χ0v) is 14.1. The van der Waals surface area contributed by atoms with Crippen LogP contribution < -0.4 is 5.73 Å². The molecule has 1 unspecified atom stereocenters. The molecule has 1 aliphatic carbocycles. The van der Waals surface area contributed by atoms with Crippen LogP contribution in [0.3, 0.4) is 0 Å². The molecular weight excluding hydrogens is 246 g/mol. The number of nitrogens with two attached hydrogens (primary N) is 1. The lowest BCUT2D eigenvalue weighted by Crippen LogP contribution is -2.60. The van der Waals surface area contributed by atoms with Crippen LogP contribution in [0.25, 0.3) is 0 Å². The molecule has 0 amide bonds. The molecule has 0 aromatic carbocycles. The summed E-state index contributed by atoms with van der Waals surface area (Å²) in [6.45, 7) is 15.1. The van der Waals surface area contributed by atoms with Crippen LogP contribution >= 0.6 is 0 Å². The van der Waals surface area contributed by atoms with Gasteiger partial charge in [-0.3, -0.25) is 9.80 Å². The Morgan fingerprint density at radius 3 is 2.15 bits per heavy atom. The van der Waals surface area contributed by atoms with E-state index >= 15 is 0 Å². The third-order valence-electron chi connectivity index (χ3n) is 5.86. The van der Waals surface area contributed by atoms with Crippen molar-refractivity contribution in [2.75, 3.05) is 32.7 Å². The second-order valence-corrected chi connectivity index (χ2v) is 8.06. The van der Waals surface area contributed by atoms with Crippen molar-refractivity contribution >= 4 is 0 Å². The van der Waals surface area contributed by atoms with E-state index in [1.54, 1.807) is 0 Å². The molecule has 3 nitrogen and oxygen atoms in total. The monoisotopic (exact) mass is 281 g/mol. The van der Waals surface area contributed by atoms with Crippen LogP contribution in [0.1, 0.15) is 59.8 Å². The van der Waals surface area contributed by atoms with Crippen LogP contribution in [-0.4, -0.2) is 54.1 Å². The fourth-order valence-corrected chi connectivity index (χ4v) is 4.08. The molecule has 1 heterocycles. The number of piperazine rings is 1. The summed E-state index contributed by atoms with van der Waals surface area (Å²) in [5.74, 6) is 0. The Labute approximate surface area is 125 Å². The van der Waals surface area contributed by atoms with E-state index in [9.17, 15) is 0 Å². The molecule has 0 aromatic heterocycles. The molecule has 20 heavy (non-hydrogen) atoms. The highest BCUT2D eigenvalue weighted by atomic mass is 15.3. The van der Waals surface area contributed by atoms with E-state index in [0.29, 0.717) is 11.5 Å². The highest BCUT2D eigenvalue weighted by Gasteiger charge is 2.40. The molecule has 2 aliphatic rings. The standard InChI is InChI=1S/C17H35N3/c1-15(2)19-10-12-20(13-11-19)17(14-18)7-5-6-16(3,4)8-9-17/h15H,5-14,18H2,1-4H3. The van der Waals surface area contributed by atoms with Crippen molar-refractivity contribution < 1.29 is 0 Å². The summed E-state index contributed by atoms with van der Waals surface area (Å²) in [5, 5.41) is 0. The van der Waals surface area contributed by atoms with Gasteiger partial charge >= 0.3 is 0 Å². The minimum Gasteiger partial charge on any atom is -0.329 e. The lowest BCUT2D eigenvalue weighted by molar-refractivity contribution is 0.0157. The molecule has 1 saturated carbocycles. The van der Waals surface area contributed by atoms with E-state index in [1.165, 1.54) is 58.3 Å². The molecule has 0 bridgehead atoms. The summed E-state index contributed by atoms with van der Waals surface area (Å²) >= 11 is 0. The lowest BCUT2D eigenvalue weighted by Gasteiger charge is -2.48. The Hall–Kier alpha value is -0.120. The van der Waals surface area contributed by atoms with Gasteiger partial charge in [0.05, 0.1) is 0 Å². The van der Waals surface area contributed by atoms with Gasteiger partial charge in [0.25, 0.3) is 0 Å². The van der Waals surface area contributed by atoms with Gasteiger partial charge in [0.1, 0.15) is 0 Å². The zero-order valence-electron chi connectivity index (χ0n) is 14.1. The highest BCUT2D eigenvalue weighted by Crippen LogP contribution is 2.40. The first-order valence-corrected chi connectivity index (χ1v) is 8.58. The van der Waals surface area contributed by atoms with Gasteiger partial charge in [0, 0.05) is 44.3 Å². The van der Waals surface area contributed by atoms with Crippen LogP contribution in [0.2, 0.25) is 0 Å². The minimum absolute atomic E-state index is 0.289. The molecule has 0 aromatic rings. The number of nitrogens with zero attached hydrogens (tertiary/aromatic N) is 2. The van der Waals surface area contributed by atoms with Crippen molar-refractivity contribution in [2.45, 2.75) is 71.4 Å². The fourth-order valence-electron chi connectivity index (χ4n) is 4.08. The Bertz CT molecular complexity index is 305. The maximum atomic E-state index is 6.27. The maximum absolute atomic E-state index is 6.27. The number of hydrogen-bond acceptors (Lipinski definition) is 3. The van der Waals surface area contributed by atoms with Crippen molar-refractivity contribution in [3.63, 3.8) is 0 Å². The normalized spacial score (nSPS) is 33.3. The van der Waals surface area contributed by atoms with Crippen molar-refractivity contribution in [1.29, 1.82) is 0 Å². The SMILES string of the molecule is CC(C)N1CCN(C2(CN)CCCC(C)(C)CC2)CC1. The second-order valence-electron chi connectivity index (χ2n) is 8.06. The van der Waals surface area contributed by atoms with Crippen LogP contribution in [-0.2, 0) is 0 Å². The summed E-state index contributed by atoms with van der Waals surface area (Å²) < 4.78 is 0. The van der Waals surface area contributed by atoms with Gasteiger partial charge in [0.2, 0.25) is 0 Å². The quantitative estimate of drug-likeness (QED) is 0.807. The van der Waals surface area contributed by atoms with Crippen LogP contribution in [0.4, 0.5) is 0 Å². The van der Waals surface area contributed by atoms with Crippen LogP contribution in [0.5, 0.6) is 0 Å². The van der Waals surface area contributed by atoms with E-state index in [2.05, 4.69) is 37.5 Å². The second kappa shape index (κ2) is 6.33. The van der Waals surface area contributed by atoms with Gasteiger partial charge < -0.3 is 5.73 Å². The topological polar surface area (TPSA) is 32.5 Å². The molecule has 118 valence electrons. The van der Waals surface area contributed by atoms with E-state index in [4.69, 9.17) is 5.73 Å². The predicted octanol–water partition coefficient (Wildman–Crippen LogP) is 2.70. The Balaban J connectivity index is 2.01. The van der Waals surface area contributed by atoms with Crippen LogP contribution in [0.15, 0.2) is 0 Å². The Morgan fingerprint density at radius 1 is 0.950 bits per heavy atom. The first kappa shape index (κ1) is 16.3. The predicted molar refractivity (Wildman–Crippen MR) is 86.9 cm³/mol. The van der Waals surface area contributed by atoms with E-state index in [1.807, 2.05) is 0 Å². The molecule has 1 aliphatic heterocycles. The zero-order chi connectivity index (χ0) is 14.8. The average Bonchev–Trinajstić information content (AvgIpc) is 2.58. The highest BCUT2D eigenvalue weighted by molar-refractivity contribution is 4.97. The molecule has 2 N–H and O–H groups in total. The number of rotatable bonds is 3. The molecule has 2 rings (SSSR count). The third kappa shape index (κ3) is 3.55. The largest absolute Gasteiger partial charge is 0.329 e.